The Labute approximate surface area is 187 Å². The molecule has 3 fully saturated rings. The molecule has 0 radical (unpaired) electrons. The summed E-state index contributed by atoms with van der Waals surface area (Å²) in [6.07, 6.45) is 7.53. The normalized spacial score (nSPS) is 22.8. The highest BCUT2D eigenvalue weighted by molar-refractivity contribution is 5.98. The van der Waals surface area contributed by atoms with E-state index in [0.29, 0.717) is 36.8 Å². The Hall–Kier alpha value is -2.87. The maximum Gasteiger partial charge on any atom is 0.290 e. The first-order valence-electron chi connectivity index (χ1n) is 11.6. The van der Waals surface area contributed by atoms with Crippen LogP contribution in [-0.4, -0.2) is 64.5 Å². The standard InChI is InChI=1S/C23H30N4O2.CH2O2/c28-22(25-17-7-8-17)12-18-9-10-19(27(18)14-15-5-6-15)13-24-23(29)21-11-16-3-1-2-4-20(16)26-21;2-1-3/h1-4,11,15,17-19,26H,5-10,12-14H2,(H,24,29)(H,25,28);1H,(H,2,3)/t18-,19+;/m1./s1. The highest BCUT2D eigenvalue weighted by Crippen LogP contribution is 2.35. The minimum absolute atomic E-state index is 0.0532. The van der Waals surface area contributed by atoms with Gasteiger partial charge < -0.3 is 20.7 Å². The van der Waals surface area contributed by atoms with Crippen molar-refractivity contribution in [3.63, 3.8) is 0 Å². The van der Waals surface area contributed by atoms with Gasteiger partial charge in [0.1, 0.15) is 5.69 Å². The number of carboxylic acid groups (broad SMARTS) is 1. The number of H-pyrrole nitrogens is 1. The summed E-state index contributed by atoms with van der Waals surface area (Å²) in [5.74, 6) is 0.914. The molecule has 8 nitrogen and oxygen atoms in total. The molecule has 172 valence electrons. The van der Waals surface area contributed by atoms with Crippen molar-refractivity contribution in [2.75, 3.05) is 13.1 Å². The highest BCUT2D eigenvalue weighted by Gasteiger charge is 2.38. The number of likely N-dealkylation sites (tertiary alicyclic amines) is 1. The Morgan fingerprint density at radius 1 is 1.09 bits per heavy atom. The van der Waals surface area contributed by atoms with Gasteiger partial charge in [0.15, 0.2) is 0 Å². The molecule has 2 aromatic rings. The smallest absolute Gasteiger partial charge is 0.290 e. The molecule has 32 heavy (non-hydrogen) atoms. The number of nitrogens with one attached hydrogen (secondary N) is 3. The van der Waals surface area contributed by atoms with Gasteiger partial charge in [-0.2, -0.15) is 0 Å². The van der Waals surface area contributed by atoms with Crippen LogP contribution in [0.3, 0.4) is 0 Å². The lowest BCUT2D eigenvalue weighted by Crippen LogP contribution is -2.45. The van der Waals surface area contributed by atoms with Gasteiger partial charge in [-0.1, -0.05) is 18.2 Å². The second-order valence-electron chi connectivity index (χ2n) is 9.16. The zero-order valence-electron chi connectivity index (χ0n) is 18.3. The molecular formula is C24H32N4O4. The van der Waals surface area contributed by atoms with E-state index < -0.39 is 0 Å². The number of aromatic amines is 1. The largest absolute Gasteiger partial charge is 0.483 e. The van der Waals surface area contributed by atoms with Crippen LogP contribution in [0.2, 0.25) is 0 Å². The topological polar surface area (TPSA) is 115 Å². The molecule has 1 aliphatic heterocycles. The Bertz CT molecular complexity index is 917. The monoisotopic (exact) mass is 440 g/mol. The van der Waals surface area contributed by atoms with E-state index in [1.54, 1.807) is 0 Å². The summed E-state index contributed by atoms with van der Waals surface area (Å²) in [5.41, 5.74) is 1.59. The molecule has 0 spiro atoms. The molecule has 3 aliphatic rings. The van der Waals surface area contributed by atoms with Crippen molar-refractivity contribution >= 4 is 29.2 Å². The molecule has 0 bridgehead atoms. The number of para-hydroxylation sites is 1. The molecule has 2 aliphatic carbocycles. The van der Waals surface area contributed by atoms with Crippen LogP contribution in [0.15, 0.2) is 30.3 Å². The molecule has 1 aromatic heterocycles. The molecule has 2 saturated carbocycles. The number of aromatic nitrogens is 1. The number of hydrogen-bond donors (Lipinski definition) is 4. The zero-order valence-corrected chi connectivity index (χ0v) is 18.3. The Kier molecular flexibility index (Phi) is 7.09. The van der Waals surface area contributed by atoms with Gasteiger partial charge in [0, 0.05) is 48.5 Å². The minimum atomic E-state index is -0.250. The van der Waals surface area contributed by atoms with E-state index in [1.165, 1.54) is 12.8 Å². The van der Waals surface area contributed by atoms with Crippen LogP contribution in [0.25, 0.3) is 10.9 Å². The molecule has 2 atom stereocenters. The fourth-order valence-corrected chi connectivity index (χ4v) is 4.58. The van der Waals surface area contributed by atoms with E-state index in [1.807, 2.05) is 30.3 Å². The third-order valence-corrected chi connectivity index (χ3v) is 6.57. The number of nitrogens with zero attached hydrogens (tertiary/aromatic N) is 1. The SMILES string of the molecule is O=C(C[C@H]1CC[C@@H](CNC(=O)c2cc3ccccc3[nH]2)N1CC1CC1)NC1CC1.O=CO. The summed E-state index contributed by atoms with van der Waals surface area (Å²) in [5, 5.41) is 14.2. The molecule has 4 N–H and O–H groups in total. The Morgan fingerprint density at radius 2 is 1.81 bits per heavy atom. The summed E-state index contributed by atoms with van der Waals surface area (Å²) < 4.78 is 0. The first-order chi connectivity index (χ1) is 15.6. The van der Waals surface area contributed by atoms with Gasteiger partial charge in [-0.3, -0.25) is 19.3 Å². The van der Waals surface area contributed by atoms with Gasteiger partial charge in [0.2, 0.25) is 5.91 Å². The fraction of sp³-hybridized carbons (Fsp3) is 0.542. The fourth-order valence-electron chi connectivity index (χ4n) is 4.58. The van der Waals surface area contributed by atoms with Crippen molar-refractivity contribution in [3.8, 4) is 0 Å². The lowest BCUT2D eigenvalue weighted by atomic mass is 10.1. The van der Waals surface area contributed by atoms with E-state index in [2.05, 4.69) is 20.5 Å². The van der Waals surface area contributed by atoms with Gasteiger partial charge in [-0.05, 0) is 56.6 Å². The number of fused-ring (bicyclic) bond motifs is 1. The second kappa shape index (κ2) is 10.2. The molecular weight excluding hydrogens is 408 g/mol. The summed E-state index contributed by atoms with van der Waals surface area (Å²) in [6, 6.07) is 10.9. The van der Waals surface area contributed by atoms with Crippen molar-refractivity contribution in [1.82, 2.24) is 20.5 Å². The van der Waals surface area contributed by atoms with Crippen molar-refractivity contribution in [2.24, 2.45) is 5.92 Å². The van der Waals surface area contributed by atoms with Crippen LogP contribution < -0.4 is 10.6 Å². The zero-order chi connectivity index (χ0) is 22.5. The first-order valence-corrected chi connectivity index (χ1v) is 11.6. The number of benzene rings is 1. The van der Waals surface area contributed by atoms with Crippen LogP contribution >= 0.6 is 0 Å². The van der Waals surface area contributed by atoms with E-state index in [9.17, 15) is 9.59 Å². The van der Waals surface area contributed by atoms with Crippen molar-refractivity contribution < 1.29 is 19.5 Å². The van der Waals surface area contributed by atoms with E-state index >= 15 is 0 Å². The number of amides is 2. The maximum absolute atomic E-state index is 12.7. The molecule has 2 amide bonds. The van der Waals surface area contributed by atoms with Crippen LogP contribution in [0.4, 0.5) is 0 Å². The summed E-state index contributed by atoms with van der Waals surface area (Å²) in [4.78, 5) is 39.1. The summed E-state index contributed by atoms with van der Waals surface area (Å²) in [7, 11) is 0. The molecule has 1 aromatic carbocycles. The molecule has 2 heterocycles. The summed E-state index contributed by atoms with van der Waals surface area (Å²) in [6.45, 7) is 1.45. The number of hydrogen-bond acceptors (Lipinski definition) is 4. The lowest BCUT2D eigenvalue weighted by molar-refractivity contribution is -0.123. The molecule has 0 unspecified atom stereocenters. The number of carbonyl (C=O) groups is 3. The number of rotatable bonds is 8. The molecule has 1 saturated heterocycles. The van der Waals surface area contributed by atoms with Gasteiger partial charge in [0.05, 0.1) is 0 Å². The predicted molar refractivity (Wildman–Crippen MR) is 121 cm³/mol. The predicted octanol–water partition coefficient (Wildman–Crippen LogP) is 2.51. The molecule has 8 heteroatoms. The maximum atomic E-state index is 12.7. The van der Waals surface area contributed by atoms with Gasteiger partial charge in [-0.25, -0.2) is 0 Å². The van der Waals surface area contributed by atoms with E-state index in [4.69, 9.17) is 9.90 Å². The average Bonchev–Trinajstić information content (AvgIpc) is 3.69. The molecule has 5 rings (SSSR count). The van der Waals surface area contributed by atoms with Gasteiger partial charge in [0.25, 0.3) is 12.4 Å². The Balaban J connectivity index is 0.000000775. The van der Waals surface area contributed by atoms with E-state index in [-0.39, 0.29) is 18.3 Å². The van der Waals surface area contributed by atoms with Crippen molar-refractivity contribution in [2.45, 2.75) is 63.1 Å². The average molecular weight is 441 g/mol. The van der Waals surface area contributed by atoms with Crippen LogP contribution in [-0.2, 0) is 9.59 Å². The van der Waals surface area contributed by atoms with Crippen LogP contribution in [0.1, 0.15) is 55.4 Å². The third-order valence-electron chi connectivity index (χ3n) is 6.57. The minimum Gasteiger partial charge on any atom is -0.483 e. The van der Waals surface area contributed by atoms with Crippen LogP contribution in [0, 0.1) is 5.92 Å². The lowest BCUT2D eigenvalue weighted by Gasteiger charge is -2.30. The number of carbonyl (C=O) groups excluding carboxylic acids is 2. The van der Waals surface area contributed by atoms with Gasteiger partial charge in [-0.15, -0.1) is 0 Å². The second-order valence-corrected chi connectivity index (χ2v) is 9.16. The van der Waals surface area contributed by atoms with Crippen molar-refractivity contribution in [1.29, 1.82) is 0 Å². The summed E-state index contributed by atoms with van der Waals surface area (Å²) >= 11 is 0. The highest BCUT2D eigenvalue weighted by atomic mass is 16.3. The van der Waals surface area contributed by atoms with E-state index in [0.717, 1.165) is 49.0 Å². The first kappa shape index (κ1) is 22.3. The Morgan fingerprint density at radius 3 is 2.50 bits per heavy atom. The van der Waals surface area contributed by atoms with Crippen molar-refractivity contribution in [3.05, 3.63) is 36.0 Å². The van der Waals surface area contributed by atoms with Crippen LogP contribution in [0.5, 0.6) is 0 Å². The third kappa shape index (κ3) is 5.88. The van der Waals surface area contributed by atoms with Gasteiger partial charge >= 0.3 is 0 Å². The quantitative estimate of drug-likeness (QED) is 0.471.